The number of benzene rings is 3. The van der Waals surface area contributed by atoms with Crippen LogP contribution in [0.15, 0.2) is 77.9 Å². The number of halogens is 2. The van der Waals surface area contributed by atoms with Crippen LogP contribution in [-0.4, -0.2) is 16.2 Å². The second-order valence-corrected chi connectivity index (χ2v) is 6.28. The van der Waals surface area contributed by atoms with Gasteiger partial charge in [-0.3, -0.25) is 0 Å². The third-order valence-electron chi connectivity index (χ3n) is 3.95. The zero-order chi connectivity index (χ0) is 18.6. The summed E-state index contributed by atoms with van der Waals surface area (Å²) in [7, 11) is 0. The highest BCUT2D eigenvalue weighted by atomic mass is 35.5. The Hall–Kier alpha value is -3.31. The van der Waals surface area contributed by atoms with E-state index in [4.69, 9.17) is 11.6 Å². The molecule has 1 heterocycles. The Kier molecular flexibility index (Phi) is 4.77. The highest BCUT2D eigenvalue weighted by Gasteiger charge is 2.10. The van der Waals surface area contributed by atoms with Crippen molar-refractivity contribution in [2.75, 3.05) is 5.43 Å². The van der Waals surface area contributed by atoms with Crippen molar-refractivity contribution in [2.24, 2.45) is 5.10 Å². The molecule has 6 heteroatoms. The van der Waals surface area contributed by atoms with Gasteiger partial charge in [0.15, 0.2) is 0 Å². The minimum atomic E-state index is -0.288. The molecule has 3 aromatic carbocycles. The summed E-state index contributed by atoms with van der Waals surface area (Å²) in [6.07, 6.45) is 1.58. The highest BCUT2D eigenvalue weighted by Crippen LogP contribution is 2.29. The molecule has 0 saturated carbocycles. The van der Waals surface area contributed by atoms with Crippen LogP contribution in [0.4, 0.5) is 10.3 Å². The molecular formula is C21H14ClFN4. The molecule has 4 nitrogen and oxygen atoms in total. The number of aromatic nitrogens is 2. The smallest absolute Gasteiger partial charge is 0.244 e. The minimum Gasteiger partial charge on any atom is -0.245 e. The number of anilines is 1. The standard InChI is InChI=1S/C21H14ClFN4/c22-16-8-11-19-18(12-16)20(15-4-2-1-3-5-15)26-21(25-19)27-24-13-14-6-9-17(23)10-7-14/h1-13H,(H,25,26,27)/b24-13-. The van der Waals surface area contributed by atoms with Gasteiger partial charge in [0.2, 0.25) is 5.95 Å². The summed E-state index contributed by atoms with van der Waals surface area (Å²) < 4.78 is 13.0. The number of fused-ring (bicyclic) bond motifs is 1. The van der Waals surface area contributed by atoms with Crippen molar-refractivity contribution in [3.8, 4) is 11.3 Å². The van der Waals surface area contributed by atoms with Gasteiger partial charge in [0, 0.05) is 16.0 Å². The summed E-state index contributed by atoms with van der Waals surface area (Å²) in [5, 5.41) is 5.64. The first kappa shape index (κ1) is 17.1. The third-order valence-corrected chi connectivity index (χ3v) is 4.19. The van der Waals surface area contributed by atoms with Gasteiger partial charge in [0.25, 0.3) is 0 Å². The molecule has 132 valence electrons. The van der Waals surface area contributed by atoms with Gasteiger partial charge in [0.05, 0.1) is 17.4 Å². The maximum atomic E-state index is 13.0. The van der Waals surface area contributed by atoms with E-state index >= 15 is 0 Å². The van der Waals surface area contributed by atoms with E-state index < -0.39 is 0 Å². The molecule has 0 radical (unpaired) electrons. The third kappa shape index (κ3) is 3.93. The van der Waals surface area contributed by atoms with Crippen molar-refractivity contribution in [3.05, 3.63) is 89.2 Å². The fourth-order valence-electron chi connectivity index (χ4n) is 2.68. The quantitative estimate of drug-likeness (QED) is 0.376. The van der Waals surface area contributed by atoms with Crippen LogP contribution in [-0.2, 0) is 0 Å². The van der Waals surface area contributed by atoms with Crippen LogP contribution >= 0.6 is 11.6 Å². The van der Waals surface area contributed by atoms with Gasteiger partial charge in [-0.1, -0.05) is 54.1 Å². The zero-order valence-electron chi connectivity index (χ0n) is 14.1. The molecule has 0 atom stereocenters. The molecule has 0 fully saturated rings. The van der Waals surface area contributed by atoms with Crippen LogP contribution in [0.5, 0.6) is 0 Å². The monoisotopic (exact) mass is 376 g/mol. The lowest BCUT2D eigenvalue weighted by atomic mass is 10.1. The van der Waals surface area contributed by atoms with Crippen molar-refractivity contribution in [1.82, 2.24) is 9.97 Å². The number of hydrazone groups is 1. The molecule has 0 aliphatic rings. The number of hydrogen-bond acceptors (Lipinski definition) is 4. The molecule has 27 heavy (non-hydrogen) atoms. The summed E-state index contributed by atoms with van der Waals surface area (Å²) in [5.74, 6) is 0.0752. The average Bonchev–Trinajstić information content (AvgIpc) is 2.70. The Balaban J connectivity index is 1.71. The Morgan fingerprint density at radius 2 is 1.70 bits per heavy atom. The minimum absolute atomic E-state index is 0.288. The lowest BCUT2D eigenvalue weighted by Crippen LogP contribution is -2.00. The van der Waals surface area contributed by atoms with Gasteiger partial charge in [-0.05, 0) is 35.9 Å². The van der Waals surface area contributed by atoms with Crippen LogP contribution in [0.25, 0.3) is 22.2 Å². The topological polar surface area (TPSA) is 50.2 Å². The first-order chi connectivity index (χ1) is 13.2. The Morgan fingerprint density at radius 1 is 0.926 bits per heavy atom. The summed E-state index contributed by atoms with van der Waals surface area (Å²) in [5.41, 5.74) is 6.09. The molecule has 0 aliphatic heterocycles. The van der Waals surface area contributed by atoms with Gasteiger partial charge in [0.1, 0.15) is 5.82 Å². The van der Waals surface area contributed by atoms with Gasteiger partial charge in [-0.15, -0.1) is 0 Å². The Morgan fingerprint density at radius 3 is 2.48 bits per heavy atom. The number of nitrogens with zero attached hydrogens (tertiary/aromatic N) is 3. The maximum absolute atomic E-state index is 13.0. The van der Waals surface area contributed by atoms with Crippen LogP contribution in [0, 0.1) is 5.82 Å². The van der Waals surface area contributed by atoms with E-state index in [1.54, 1.807) is 24.4 Å². The predicted octanol–water partition coefficient (Wildman–Crippen LogP) is 5.54. The average molecular weight is 377 g/mol. The summed E-state index contributed by atoms with van der Waals surface area (Å²) in [6, 6.07) is 21.3. The fraction of sp³-hybridized carbons (Fsp3) is 0. The van der Waals surface area contributed by atoms with Gasteiger partial charge in [-0.25, -0.2) is 19.8 Å². The van der Waals surface area contributed by atoms with Crippen LogP contribution < -0.4 is 5.43 Å². The van der Waals surface area contributed by atoms with Crippen molar-refractivity contribution in [1.29, 1.82) is 0 Å². The Bertz CT molecular complexity index is 1110. The lowest BCUT2D eigenvalue weighted by molar-refractivity contribution is 0.628. The van der Waals surface area contributed by atoms with Gasteiger partial charge >= 0.3 is 0 Å². The zero-order valence-corrected chi connectivity index (χ0v) is 14.9. The van der Waals surface area contributed by atoms with Crippen LogP contribution in [0.3, 0.4) is 0 Å². The van der Waals surface area contributed by atoms with E-state index in [0.29, 0.717) is 11.0 Å². The van der Waals surface area contributed by atoms with Crippen molar-refractivity contribution in [2.45, 2.75) is 0 Å². The first-order valence-electron chi connectivity index (χ1n) is 8.26. The number of hydrogen-bond donors (Lipinski definition) is 1. The molecule has 0 amide bonds. The van der Waals surface area contributed by atoms with Gasteiger partial charge < -0.3 is 0 Å². The van der Waals surface area contributed by atoms with Crippen molar-refractivity contribution >= 4 is 34.7 Å². The SMILES string of the molecule is Fc1ccc(/C=N\Nc2nc(-c3ccccc3)c3cc(Cl)ccc3n2)cc1. The van der Waals surface area contributed by atoms with E-state index in [1.165, 1.54) is 12.1 Å². The molecule has 0 saturated heterocycles. The second-order valence-electron chi connectivity index (χ2n) is 5.84. The van der Waals surface area contributed by atoms with E-state index in [-0.39, 0.29) is 5.82 Å². The van der Waals surface area contributed by atoms with E-state index in [2.05, 4.69) is 20.5 Å². The normalized spacial score (nSPS) is 11.2. The molecular weight excluding hydrogens is 363 g/mol. The molecule has 4 aromatic rings. The molecule has 1 N–H and O–H groups in total. The van der Waals surface area contributed by atoms with E-state index in [0.717, 1.165) is 27.7 Å². The van der Waals surface area contributed by atoms with Crippen LogP contribution in [0.2, 0.25) is 5.02 Å². The van der Waals surface area contributed by atoms with Gasteiger partial charge in [-0.2, -0.15) is 5.10 Å². The van der Waals surface area contributed by atoms with Crippen LogP contribution in [0.1, 0.15) is 5.56 Å². The van der Waals surface area contributed by atoms with E-state index in [1.807, 2.05) is 42.5 Å². The summed E-state index contributed by atoms with van der Waals surface area (Å²) >= 11 is 6.16. The molecule has 0 bridgehead atoms. The summed E-state index contributed by atoms with van der Waals surface area (Å²) in [4.78, 5) is 9.10. The van der Waals surface area contributed by atoms with E-state index in [9.17, 15) is 4.39 Å². The molecule has 0 aliphatic carbocycles. The number of nitrogens with one attached hydrogen (secondary N) is 1. The molecule has 1 aromatic heterocycles. The lowest BCUT2D eigenvalue weighted by Gasteiger charge is -2.09. The first-order valence-corrected chi connectivity index (χ1v) is 8.64. The highest BCUT2D eigenvalue weighted by molar-refractivity contribution is 6.31. The van der Waals surface area contributed by atoms with Crippen molar-refractivity contribution < 1.29 is 4.39 Å². The largest absolute Gasteiger partial charge is 0.245 e. The second kappa shape index (κ2) is 7.51. The maximum Gasteiger partial charge on any atom is 0.244 e. The molecule has 0 unspecified atom stereocenters. The Labute approximate surface area is 160 Å². The summed E-state index contributed by atoms with van der Waals surface area (Å²) in [6.45, 7) is 0. The predicted molar refractivity (Wildman–Crippen MR) is 108 cm³/mol. The number of rotatable bonds is 4. The van der Waals surface area contributed by atoms with Crippen molar-refractivity contribution in [3.63, 3.8) is 0 Å². The molecule has 0 spiro atoms. The fourth-order valence-corrected chi connectivity index (χ4v) is 2.85. The molecule has 4 rings (SSSR count).